The largest absolute Gasteiger partial charge is 0.275 e. The zero-order valence-corrected chi connectivity index (χ0v) is 11.5. The second-order valence-electron chi connectivity index (χ2n) is 5.01. The highest BCUT2D eigenvalue weighted by Crippen LogP contribution is 2.19. The molecule has 3 nitrogen and oxygen atoms in total. The first-order valence-corrected chi connectivity index (χ1v) is 5.76. The smallest absolute Gasteiger partial charge is 0.253 e. The van der Waals surface area contributed by atoms with E-state index in [1.807, 2.05) is 0 Å². The van der Waals surface area contributed by atoms with Crippen molar-refractivity contribution in [2.24, 2.45) is 5.41 Å². The second-order valence-corrected chi connectivity index (χ2v) is 5.01. The van der Waals surface area contributed by atoms with E-state index in [0.717, 1.165) is 6.42 Å². The zero-order valence-electron chi connectivity index (χ0n) is 11.5. The van der Waals surface area contributed by atoms with Gasteiger partial charge in [-0.2, -0.15) is 0 Å². The first-order chi connectivity index (χ1) is 8.81. The third-order valence-corrected chi connectivity index (χ3v) is 2.19. The molecule has 1 rings (SSSR count). The standard InChI is InChI=1S/C10H15NO2.C6H2/c1-10(2,3)6-7-11-8(12)4-5-9(11)13;1-3-5-6-4-2/h4-5H,6-7H2,1-3H3;1-2H. The number of terminal acetylenes is 2. The van der Waals surface area contributed by atoms with Crippen LogP contribution in [0.5, 0.6) is 0 Å². The van der Waals surface area contributed by atoms with E-state index in [-0.39, 0.29) is 17.2 Å². The summed E-state index contributed by atoms with van der Waals surface area (Å²) in [5.41, 5.74) is 0.156. The van der Waals surface area contributed by atoms with Crippen LogP contribution in [0.25, 0.3) is 0 Å². The fraction of sp³-hybridized carbons (Fsp3) is 0.375. The van der Waals surface area contributed by atoms with Crippen LogP contribution in [0, 0.1) is 41.9 Å². The molecule has 0 saturated carbocycles. The summed E-state index contributed by atoms with van der Waals surface area (Å²) >= 11 is 0. The first kappa shape index (κ1) is 16.6. The van der Waals surface area contributed by atoms with Gasteiger partial charge in [-0.3, -0.25) is 14.5 Å². The van der Waals surface area contributed by atoms with Gasteiger partial charge < -0.3 is 0 Å². The molecule has 0 aromatic heterocycles. The molecule has 0 spiro atoms. The summed E-state index contributed by atoms with van der Waals surface area (Å²) in [5.74, 6) is 8.24. The maximum atomic E-state index is 11.1. The van der Waals surface area contributed by atoms with Gasteiger partial charge in [0.05, 0.1) is 0 Å². The van der Waals surface area contributed by atoms with E-state index >= 15 is 0 Å². The summed E-state index contributed by atoms with van der Waals surface area (Å²) in [6.07, 6.45) is 12.9. The summed E-state index contributed by atoms with van der Waals surface area (Å²) in [6, 6.07) is 0. The summed E-state index contributed by atoms with van der Waals surface area (Å²) in [5, 5.41) is 0. The van der Waals surface area contributed by atoms with Gasteiger partial charge in [-0.25, -0.2) is 0 Å². The molecule has 0 radical (unpaired) electrons. The number of hydrogen-bond donors (Lipinski definition) is 0. The van der Waals surface area contributed by atoms with Gasteiger partial charge in [0.1, 0.15) is 0 Å². The lowest BCUT2D eigenvalue weighted by Gasteiger charge is -2.21. The molecule has 0 aromatic rings. The summed E-state index contributed by atoms with van der Waals surface area (Å²) < 4.78 is 0. The van der Waals surface area contributed by atoms with Crippen molar-refractivity contribution in [1.29, 1.82) is 0 Å². The lowest BCUT2D eigenvalue weighted by Crippen LogP contribution is -2.32. The van der Waals surface area contributed by atoms with Gasteiger partial charge in [-0.1, -0.05) is 20.8 Å². The van der Waals surface area contributed by atoms with Crippen molar-refractivity contribution in [3.05, 3.63) is 12.2 Å². The van der Waals surface area contributed by atoms with Crippen LogP contribution in [0.3, 0.4) is 0 Å². The van der Waals surface area contributed by atoms with E-state index in [1.165, 1.54) is 17.1 Å². The average Bonchev–Trinajstić information content (AvgIpc) is 2.64. The lowest BCUT2D eigenvalue weighted by atomic mass is 9.92. The molecular formula is C16H17NO2. The SMILES string of the molecule is C#CC#CC#C.CC(C)(C)CCN1C(=O)C=CC1=O. The topological polar surface area (TPSA) is 37.4 Å². The van der Waals surface area contributed by atoms with Crippen LogP contribution in [-0.4, -0.2) is 23.3 Å². The molecule has 0 bridgehead atoms. The molecule has 98 valence electrons. The number of carbonyl (C=O) groups is 2. The van der Waals surface area contributed by atoms with Crippen LogP contribution >= 0.6 is 0 Å². The quantitative estimate of drug-likeness (QED) is 0.555. The third-order valence-electron chi connectivity index (χ3n) is 2.19. The van der Waals surface area contributed by atoms with Gasteiger partial charge in [-0.15, -0.1) is 12.8 Å². The maximum Gasteiger partial charge on any atom is 0.253 e. The van der Waals surface area contributed by atoms with Crippen molar-refractivity contribution in [2.45, 2.75) is 27.2 Å². The van der Waals surface area contributed by atoms with Gasteiger partial charge in [0.2, 0.25) is 0 Å². The Balaban J connectivity index is 0.000000459. The van der Waals surface area contributed by atoms with Crippen LogP contribution in [0.2, 0.25) is 0 Å². The molecule has 0 N–H and O–H groups in total. The van der Waals surface area contributed by atoms with Crippen LogP contribution in [-0.2, 0) is 9.59 Å². The minimum absolute atomic E-state index is 0.156. The van der Waals surface area contributed by atoms with Gasteiger partial charge in [-0.05, 0) is 35.5 Å². The molecule has 0 atom stereocenters. The van der Waals surface area contributed by atoms with Crippen LogP contribution < -0.4 is 0 Å². The Morgan fingerprint density at radius 2 is 1.47 bits per heavy atom. The molecule has 0 aromatic carbocycles. The number of carbonyl (C=O) groups excluding carboxylic acids is 2. The maximum absolute atomic E-state index is 11.1. The monoisotopic (exact) mass is 255 g/mol. The van der Waals surface area contributed by atoms with Crippen molar-refractivity contribution >= 4 is 11.8 Å². The Kier molecular flexibility index (Phi) is 6.80. The number of nitrogens with zero attached hydrogens (tertiary/aromatic N) is 1. The Bertz CT molecular complexity index is 474. The predicted molar refractivity (Wildman–Crippen MR) is 75.4 cm³/mol. The second kappa shape index (κ2) is 7.80. The van der Waals surface area contributed by atoms with Gasteiger partial charge in [0, 0.05) is 18.7 Å². The van der Waals surface area contributed by atoms with E-state index in [2.05, 4.69) is 44.5 Å². The van der Waals surface area contributed by atoms with Crippen molar-refractivity contribution in [3.8, 4) is 36.5 Å². The highest BCUT2D eigenvalue weighted by molar-refractivity contribution is 6.12. The fourth-order valence-electron chi connectivity index (χ4n) is 1.17. The number of amides is 2. The number of imide groups is 1. The Labute approximate surface area is 115 Å². The van der Waals surface area contributed by atoms with Crippen molar-refractivity contribution < 1.29 is 9.59 Å². The van der Waals surface area contributed by atoms with Crippen molar-refractivity contribution in [2.75, 3.05) is 6.54 Å². The molecule has 19 heavy (non-hydrogen) atoms. The van der Waals surface area contributed by atoms with Gasteiger partial charge >= 0.3 is 0 Å². The number of rotatable bonds is 2. The molecule has 1 heterocycles. The Morgan fingerprint density at radius 3 is 1.79 bits per heavy atom. The molecule has 0 unspecified atom stereocenters. The van der Waals surface area contributed by atoms with Gasteiger partial charge in [0.15, 0.2) is 0 Å². The summed E-state index contributed by atoms with van der Waals surface area (Å²) in [6.45, 7) is 6.79. The summed E-state index contributed by atoms with van der Waals surface area (Å²) in [7, 11) is 0. The summed E-state index contributed by atoms with van der Waals surface area (Å²) in [4.78, 5) is 23.5. The minimum Gasteiger partial charge on any atom is -0.275 e. The average molecular weight is 255 g/mol. The third kappa shape index (κ3) is 7.48. The van der Waals surface area contributed by atoms with E-state index in [4.69, 9.17) is 12.8 Å². The molecule has 0 fully saturated rings. The zero-order chi connectivity index (χ0) is 14.9. The Morgan fingerprint density at radius 1 is 1.05 bits per heavy atom. The molecule has 0 aliphatic carbocycles. The van der Waals surface area contributed by atoms with Crippen LogP contribution in [0.4, 0.5) is 0 Å². The van der Waals surface area contributed by atoms with E-state index < -0.39 is 0 Å². The minimum atomic E-state index is -0.186. The van der Waals surface area contributed by atoms with Crippen molar-refractivity contribution in [3.63, 3.8) is 0 Å². The van der Waals surface area contributed by atoms with E-state index in [1.54, 1.807) is 0 Å². The van der Waals surface area contributed by atoms with E-state index in [0.29, 0.717) is 6.54 Å². The van der Waals surface area contributed by atoms with Crippen molar-refractivity contribution in [1.82, 2.24) is 4.90 Å². The molecular weight excluding hydrogens is 238 g/mol. The van der Waals surface area contributed by atoms with Crippen LogP contribution in [0.1, 0.15) is 27.2 Å². The molecule has 2 amide bonds. The highest BCUT2D eigenvalue weighted by Gasteiger charge is 2.24. The molecule has 0 saturated heterocycles. The first-order valence-electron chi connectivity index (χ1n) is 5.76. The molecule has 3 heteroatoms. The Hall–Kier alpha value is -2.44. The predicted octanol–water partition coefficient (Wildman–Crippen LogP) is 1.60. The van der Waals surface area contributed by atoms with Gasteiger partial charge in [0.25, 0.3) is 11.8 Å². The normalized spacial score (nSPS) is 12.8. The number of hydrogen-bond acceptors (Lipinski definition) is 2. The lowest BCUT2D eigenvalue weighted by molar-refractivity contribution is -0.137. The molecule has 1 aliphatic rings. The van der Waals surface area contributed by atoms with E-state index in [9.17, 15) is 9.59 Å². The fourth-order valence-corrected chi connectivity index (χ4v) is 1.17. The highest BCUT2D eigenvalue weighted by atomic mass is 16.2. The van der Waals surface area contributed by atoms with Crippen LogP contribution in [0.15, 0.2) is 12.2 Å². The molecule has 1 aliphatic heterocycles.